The summed E-state index contributed by atoms with van der Waals surface area (Å²) in [5, 5.41) is 20.4. The van der Waals surface area contributed by atoms with E-state index in [2.05, 4.69) is 5.32 Å². The van der Waals surface area contributed by atoms with Crippen molar-refractivity contribution in [3.63, 3.8) is 0 Å². The number of urea groups is 1. The largest absolute Gasteiger partial charge is 0.480 e. The Morgan fingerprint density at radius 1 is 1.44 bits per heavy atom. The Kier molecular flexibility index (Phi) is 2.75. The Morgan fingerprint density at radius 2 is 2.12 bits per heavy atom. The summed E-state index contributed by atoms with van der Waals surface area (Å²) in [5.74, 6) is -0.829. The molecule has 3 N–H and O–H groups in total. The molecule has 90 valence electrons. The number of aliphatic hydroxyl groups excluding tert-OH is 1. The third-order valence-corrected chi connectivity index (χ3v) is 3.34. The molecule has 1 heterocycles. The molecule has 2 rings (SSSR count). The zero-order valence-corrected chi connectivity index (χ0v) is 8.98. The maximum absolute atomic E-state index is 11.7. The van der Waals surface area contributed by atoms with Crippen LogP contribution in [0.1, 0.15) is 19.3 Å². The lowest BCUT2D eigenvalue weighted by Crippen LogP contribution is -2.49. The second-order valence-electron chi connectivity index (χ2n) is 4.60. The molecule has 6 heteroatoms. The maximum atomic E-state index is 11.7. The number of carbonyl (C=O) groups excluding carboxylic acids is 1. The molecule has 1 unspecified atom stereocenters. The highest BCUT2D eigenvalue weighted by Crippen LogP contribution is 2.35. The molecule has 0 aromatic heterocycles. The van der Waals surface area contributed by atoms with Crippen LogP contribution in [0.2, 0.25) is 0 Å². The van der Waals surface area contributed by atoms with Gasteiger partial charge in [0.25, 0.3) is 0 Å². The summed E-state index contributed by atoms with van der Waals surface area (Å²) in [4.78, 5) is 24.2. The number of hydrogen-bond acceptors (Lipinski definition) is 3. The van der Waals surface area contributed by atoms with Gasteiger partial charge in [-0.2, -0.15) is 0 Å². The predicted molar refractivity (Wildman–Crippen MR) is 54.9 cm³/mol. The van der Waals surface area contributed by atoms with Gasteiger partial charge in [-0.3, -0.25) is 0 Å². The van der Waals surface area contributed by atoms with Crippen molar-refractivity contribution in [1.29, 1.82) is 0 Å². The van der Waals surface area contributed by atoms with E-state index < -0.39 is 11.5 Å². The monoisotopic (exact) mass is 228 g/mol. The summed E-state index contributed by atoms with van der Waals surface area (Å²) in [7, 11) is 0. The van der Waals surface area contributed by atoms with Crippen LogP contribution in [0.15, 0.2) is 0 Å². The highest BCUT2D eigenvalue weighted by Gasteiger charge is 2.52. The van der Waals surface area contributed by atoms with Gasteiger partial charge >= 0.3 is 12.0 Å². The quantitative estimate of drug-likeness (QED) is 0.614. The molecule has 1 aliphatic carbocycles. The van der Waals surface area contributed by atoms with E-state index in [9.17, 15) is 9.59 Å². The van der Waals surface area contributed by atoms with Gasteiger partial charge in [-0.15, -0.1) is 0 Å². The van der Waals surface area contributed by atoms with Crippen molar-refractivity contribution in [2.45, 2.75) is 24.8 Å². The van der Waals surface area contributed by atoms with Crippen molar-refractivity contribution in [3.05, 3.63) is 0 Å². The average molecular weight is 228 g/mol. The standard InChI is InChI=1S/C10H16N2O4/c13-6-7-1-4-12(5-7)9(16)11-10(2-3-10)8(14)15/h7,13H,1-6H2,(H,11,16)(H,14,15). The molecule has 1 atom stereocenters. The summed E-state index contributed by atoms with van der Waals surface area (Å²) in [6.07, 6.45) is 1.79. The number of rotatable bonds is 3. The number of carbonyl (C=O) groups is 2. The van der Waals surface area contributed by atoms with E-state index in [4.69, 9.17) is 10.2 Å². The minimum Gasteiger partial charge on any atom is -0.480 e. The van der Waals surface area contributed by atoms with Crippen molar-refractivity contribution in [3.8, 4) is 0 Å². The van der Waals surface area contributed by atoms with E-state index in [-0.39, 0.29) is 18.6 Å². The molecule has 0 bridgehead atoms. The van der Waals surface area contributed by atoms with Gasteiger partial charge in [-0.1, -0.05) is 0 Å². The van der Waals surface area contributed by atoms with Crippen LogP contribution >= 0.6 is 0 Å². The molecule has 0 radical (unpaired) electrons. The fraction of sp³-hybridized carbons (Fsp3) is 0.800. The highest BCUT2D eigenvalue weighted by molar-refractivity contribution is 5.89. The Balaban J connectivity index is 1.87. The molecule has 1 aliphatic heterocycles. The SMILES string of the molecule is O=C(NC1(C(=O)O)CC1)N1CCC(CO)C1. The lowest BCUT2D eigenvalue weighted by atomic mass is 10.1. The van der Waals surface area contributed by atoms with Crippen molar-refractivity contribution in [2.24, 2.45) is 5.92 Å². The molecule has 2 fully saturated rings. The highest BCUT2D eigenvalue weighted by atomic mass is 16.4. The summed E-state index contributed by atoms with van der Waals surface area (Å²) >= 11 is 0. The van der Waals surface area contributed by atoms with Crippen molar-refractivity contribution >= 4 is 12.0 Å². The van der Waals surface area contributed by atoms with Gasteiger partial charge in [0.1, 0.15) is 5.54 Å². The van der Waals surface area contributed by atoms with Crippen molar-refractivity contribution in [2.75, 3.05) is 19.7 Å². The van der Waals surface area contributed by atoms with E-state index in [0.29, 0.717) is 25.9 Å². The number of aliphatic hydroxyl groups is 1. The smallest absolute Gasteiger partial charge is 0.329 e. The Labute approximate surface area is 93.2 Å². The molecule has 1 saturated heterocycles. The van der Waals surface area contributed by atoms with Gasteiger partial charge in [0, 0.05) is 25.6 Å². The topological polar surface area (TPSA) is 89.9 Å². The number of hydrogen-bond donors (Lipinski definition) is 3. The summed E-state index contributed by atoms with van der Waals surface area (Å²) in [6, 6.07) is -0.323. The van der Waals surface area contributed by atoms with Crippen LogP contribution in [-0.4, -0.2) is 52.3 Å². The molecule has 1 saturated carbocycles. The zero-order chi connectivity index (χ0) is 11.8. The van der Waals surface area contributed by atoms with E-state index in [1.807, 2.05) is 0 Å². The number of likely N-dealkylation sites (tertiary alicyclic amines) is 1. The third-order valence-electron chi connectivity index (χ3n) is 3.34. The Bertz CT molecular complexity index is 314. The van der Waals surface area contributed by atoms with Crippen LogP contribution < -0.4 is 5.32 Å². The molecule has 0 aromatic carbocycles. The van der Waals surface area contributed by atoms with Crippen LogP contribution in [-0.2, 0) is 4.79 Å². The van der Waals surface area contributed by atoms with Crippen molar-refractivity contribution in [1.82, 2.24) is 10.2 Å². The molecule has 2 amide bonds. The first-order valence-electron chi connectivity index (χ1n) is 5.49. The zero-order valence-electron chi connectivity index (χ0n) is 8.98. The minimum absolute atomic E-state index is 0.0772. The molecular weight excluding hydrogens is 212 g/mol. The summed E-state index contributed by atoms with van der Waals surface area (Å²) in [6.45, 7) is 1.18. The third kappa shape index (κ3) is 1.97. The van der Waals surface area contributed by atoms with Gasteiger partial charge in [0.2, 0.25) is 0 Å². The number of amides is 2. The second-order valence-corrected chi connectivity index (χ2v) is 4.60. The van der Waals surface area contributed by atoms with Gasteiger partial charge in [0.15, 0.2) is 0 Å². The number of aliphatic carboxylic acids is 1. The molecular formula is C10H16N2O4. The lowest BCUT2D eigenvalue weighted by Gasteiger charge is -2.20. The fourth-order valence-corrected chi connectivity index (χ4v) is 1.97. The summed E-state index contributed by atoms with van der Waals surface area (Å²) in [5.41, 5.74) is -1.02. The maximum Gasteiger partial charge on any atom is 0.329 e. The first-order chi connectivity index (χ1) is 7.57. The van der Waals surface area contributed by atoms with Crippen LogP contribution in [0.25, 0.3) is 0 Å². The van der Waals surface area contributed by atoms with Crippen LogP contribution in [0.4, 0.5) is 4.79 Å². The molecule has 2 aliphatic rings. The lowest BCUT2D eigenvalue weighted by molar-refractivity contribution is -0.140. The number of nitrogens with zero attached hydrogens (tertiary/aromatic N) is 1. The second kappa shape index (κ2) is 3.93. The summed E-state index contributed by atoms with van der Waals surface area (Å²) < 4.78 is 0. The van der Waals surface area contributed by atoms with Gasteiger partial charge in [-0.05, 0) is 19.3 Å². The number of carboxylic acid groups (broad SMARTS) is 1. The van der Waals surface area contributed by atoms with Gasteiger partial charge in [0.05, 0.1) is 0 Å². The number of nitrogens with one attached hydrogen (secondary N) is 1. The Morgan fingerprint density at radius 3 is 2.56 bits per heavy atom. The first-order valence-corrected chi connectivity index (χ1v) is 5.49. The van der Waals surface area contributed by atoms with E-state index >= 15 is 0 Å². The fourth-order valence-electron chi connectivity index (χ4n) is 1.97. The first kappa shape index (κ1) is 11.2. The molecule has 0 spiro atoms. The van der Waals surface area contributed by atoms with Crippen molar-refractivity contribution < 1.29 is 19.8 Å². The van der Waals surface area contributed by atoms with Gasteiger partial charge in [-0.25, -0.2) is 9.59 Å². The Hall–Kier alpha value is -1.30. The van der Waals surface area contributed by atoms with Crippen LogP contribution in [0, 0.1) is 5.92 Å². The van der Waals surface area contributed by atoms with Crippen LogP contribution in [0.3, 0.4) is 0 Å². The molecule has 0 aromatic rings. The normalized spacial score (nSPS) is 26.6. The number of carboxylic acids is 1. The minimum atomic E-state index is -1.02. The van der Waals surface area contributed by atoms with E-state index in [1.54, 1.807) is 4.90 Å². The van der Waals surface area contributed by atoms with E-state index in [0.717, 1.165) is 6.42 Å². The predicted octanol–water partition coefficient (Wildman–Crippen LogP) is -0.373. The molecule has 6 nitrogen and oxygen atoms in total. The molecule has 16 heavy (non-hydrogen) atoms. The van der Waals surface area contributed by atoms with Crippen LogP contribution in [0.5, 0.6) is 0 Å². The van der Waals surface area contributed by atoms with E-state index in [1.165, 1.54) is 0 Å². The average Bonchev–Trinajstić information content (AvgIpc) is 2.88. The van der Waals surface area contributed by atoms with Gasteiger partial charge < -0.3 is 20.4 Å².